The molecule has 27 heavy (non-hydrogen) atoms. The summed E-state index contributed by atoms with van der Waals surface area (Å²) in [4.78, 5) is 4.57. The van der Waals surface area contributed by atoms with Gasteiger partial charge >= 0.3 is 0 Å². The highest BCUT2D eigenvalue weighted by molar-refractivity contribution is 7.90. The molecule has 0 saturated carbocycles. The van der Waals surface area contributed by atoms with Crippen LogP contribution >= 0.6 is 0 Å². The minimum absolute atomic E-state index is 0.268. The standard InChI is InChI=1S/C19H31N3O4S/c1-15-12-16(7-8-18(15)27(3,23)24)13-22-19(20-2)21-9-5-10-25-14-17-6-4-11-26-17/h7-8,12,17H,4-6,9-11,13-14H2,1-3H3,(H2,20,21,22). The summed E-state index contributed by atoms with van der Waals surface area (Å²) in [6.07, 6.45) is 4.61. The van der Waals surface area contributed by atoms with Gasteiger partial charge in [-0.05, 0) is 43.4 Å². The molecule has 152 valence electrons. The second kappa shape index (κ2) is 10.6. The molecule has 1 unspecified atom stereocenters. The van der Waals surface area contributed by atoms with Gasteiger partial charge in [-0.2, -0.15) is 0 Å². The van der Waals surface area contributed by atoms with Crippen molar-refractivity contribution in [2.45, 2.75) is 43.7 Å². The molecule has 0 aromatic heterocycles. The number of hydrogen-bond donors (Lipinski definition) is 2. The fraction of sp³-hybridized carbons (Fsp3) is 0.632. The summed E-state index contributed by atoms with van der Waals surface area (Å²) in [5.74, 6) is 0.707. The predicted octanol–water partition coefficient (Wildman–Crippen LogP) is 1.65. The number of benzene rings is 1. The maximum Gasteiger partial charge on any atom is 0.191 e. The van der Waals surface area contributed by atoms with E-state index in [-0.39, 0.29) is 6.10 Å². The first-order chi connectivity index (χ1) is 12.9. The van der Waals surface area contributed by atoms with E-state index in [1.807, 2.05) is 19.1 Å². The third kappa shape index (κ3) is 7.48. The van der Waals surface area contributed by atoms with Gasteiger partial charge in [0.25, 0.3) is 0 Å². The van der Waals surface area contributed by atoms with Crippen LogP contribution < -0.4 is 10.6 Å². The number of guanidine groups is 1. The van der Waals surface area contributed by atoms with Gasteiger partial charge in [0.2, 0.25) is 0 Å². The summed E-state index contributed by atoms with van der Waals surface area (Å²) in [5, 5.41) is 6.49. The lowest BCUT2D eigenvalue weighted by Crippen LogP contribution is -2.37. The van der Waals surface area contributed by atoms with Gasteiger partial charge in [0.15, 0.2) is 15.8 Å². The molecule has 1 aromatic carbocycles. The molecule has 1 aromatic rings. The van der Waals surface area contributed by atoms with E-state index in [2.05, 4.69) is 15.6 Å². The highest BCUT2D eigenvalue weighted by atomic mass is 32.2. The maximum atomic E-state index is 11.7. The zero-order chi connectivity index (χ0) is 19.7. The number of aryl methyl sites for hydroxylation is 1. The van der Waals surface area contributed by atoms with E-state index >= 15 is 0 Å². The van der Waals surface area contributed by atoms with Crippen molar-refractivity contribution in [1.29, 1.82) is 0 Å². The Kier molecular flexibility index (Phi) is 8.53. The second-order valence-corrected chi connectivity index (χ2v) is 8.77. The van der Waals surface area contributed by atoms with Gasteiger partial charge in [-0.3, -0.25) is 4.99 Å². The molecule has 0 aliphatic carbocycles. The van der Waals surface area contributed by atoms with E-state index < -0.39 is 9.84 Å². The average Bonchev–Trinajstić information content (AvgIpc) is 3.13. The maximum absolute atomic E-state index is 11.7. The van der Waals surface area contributed by atoms with Crippen LogP contribution in [0.2, 0.25) is 0 Å². The minimum Gasteiger partial charge on any atom is -0.379 e. The van der Waals surface area contributed by atoms with Crippen LogP contribution in [0, 0.1) is 6.92 Å². The van der Waals surface area contributed by atoms with Crippen molar-refractivity contribution < 1.29 is 17.9 Å². The van der Waals surface area contributed by atoms with Crippen LogP contribution in [0.4, 0.5) is 0 Å². The largest absolute Gasteiger partial charge is 0.379 e. The van der Waals surface area contributed by atoms with E-state index in [0.29, 0.717) is 30.6 Å². The molecule has 2 N–H and O–H groups in total. The Hall–Kier alpha value is -1.64. The normalized spacial score (nSPS) is 17.9. The van der Waals surface area contributed by atoms with Crippen LogP contribution in [0.5, 0.6) is 0 Å². The molecule has 7 nitrogen and oxygen atoms in total. The number of ether oxygens (including phenoxy) is 2. The molecule has 0 spiro atoms. The van der Waals surface area contributed by atoms with E-state index in [4.69, 9.17) is 9.47 Å². The number of sulfone groups is 1. The van der Waals surface area contributed by atoms with E-state index in [1.165, 1.54) is 6.26 Å². The van der Waals surface area contributed by atoms with Crippen molar-refractivity contribution in [2.75, 3.05) is 39.7 Å². The van der Waals surface area contributed by atoms with Crippen LogP contribution in [0.15, 0.2) is 28.1 Å². The lowest BCUT2D eigenvalue weighted by Gasteiger charge is -2.13. The molecule has 0 radical (unpaired) electrons. The third-order valence-electron chi connectivity index (χ3n) is 4.41. The van der Waals surface area contributed by atoms with Gasteiger partial charge < -0.3 is 20.1 Å². The fourth-order valence-corrected chi connectivity index (χ4v) is 3.97. The van der Waals surface area contributed by atoms with Crippen LogP contribution in [0.3, 0.4) is 0 Å². The SMILES string of the molecule is CN=C(NCCCOCC1CCCO1)NCc1ccc(S(C)(=O)=O)c(C)c1. The third-order valence-corrected chi connectivity index (χ3v) is 5.67. The van der Waals surface area contributed by atoms with Crippen molar-refractivity contribution in [3.63, 3.8) is 0 Å². The number of aliphatic imine (C=N–C) groups is 1. The highest BCUT2D eigenvalue weighted by Gasteiger charge is 2.15. The zero-order valence-corrected chi connectivity index (χ0v) is 17.3. The molecular formula is C19H31N3O4S. The molecule has 8 heteroatoms. The Balaban J connectivity index is 1.67. The van der Waals surface area contributed by atoms with Crippen LogP contribution in [-0.2, 0) is 25.9 Å². The number of rotatable bonds is 9. The van der Waals surface area contributed by atoms with E-state index in [9.17, 15) is 8.42 Å². The molecule has 1 aliphatic heterocycles. The van der Waals surface area contributed by atoms with Crippen LogP contribution in [-0.4, -0.2) is 60.2 Å². The molecular weight excluding hydrogens is 366 g/mol. The summed E-state index contributed by atoms with van der Waals surface area (Å²) in [7, 11) is -1.46. The second-order valence-electron chi connectivity index (χ2n) is 6.79. The Bertz CT molecular complexity index is 728. The number of nitrogens with one attached hydrogen (secondary N) is 2. The van der Waals surface area contributed by atoms with E-state index in [1.54, 1.807) is 13.1 Å². The Labute approximate surface area is 162 Å². The first kappa shape index (κ1) is 21.7. The quantitative estimate of drug-likeness (QED) is 0.374. The van der Waals surface area contributed by atoms with Gasteiger partial charge in [0.1, 0.15) is 0 Å². The fourth-order valence-electron chi connectivity index (χ4n) is 3.02. The van der Waals surface area contributed by atoms with Crippen LogP contribution in [0.25, 0.3) is 0 Å². The highest BCUT2D eigenvalue weighted by Crippen LogP contribution is 2.16. The topological polar surface area (TPSA) is 89.0 Å². The summed E-state index contributed by atoms with van der Waals surface area (Å²) in [6, 6.07) is 5.36. The first-order valence-corrected chi connectivity index (χ1v) is 11.2. The average molecular weight is 398 g/mol. The minimum atomic E-state index is -3.19. The summed E-state index contributed by atoms with van der Waals surface area (Å²) >= 11 is 0. The predicted molar refractivity (Wildman–Crippen MR) is 107 cm³/mol. The zero-order valence-electron chi connectivity index (χ0n) is 16.5. The summed E-state index contributed by atoms with van der Waals surface area (Å²) in [6.45, 7) is 5.36. The van der Waals surface area contributed by atoms with Gasteiger partial charge in [0, 0.05) is 39.6 Å². The Morgan fingerprint density at radius 3 is 2.81 bits per heavy atom. The van der Waals surface area contributed by atoms with Crippen molar-refractivity contribution in [3.8, 4) is 0 Å². The van der Waals surface area contributed by atoms with Gasteiger partial charge in [-0.25, -0.2) is 8.42 Å². The van der Waals surface area contributed by atoms with Crippen molar-refractivity contribution in [3.05, 3.63) is 29.3 Å². The first-order valence-electron chi connectivity index (χ1n) is 9.33. The lowest BCUT2D eigenvalue weighted by atomic mass is 10.1. The molecule has 1 aliphatic rings. The Morgan fingerprint density at radius 1 is 1.37 bits per heavy atom. The number of hydrogen-bond acceptors (Lipinski definition) is 5. The molecule has 0 amide bonds. The molecule has 1 saturated heterocycles. The summed E-state index contributed by atoms with van der Waals surface area (Å²) in [5.41, 5.74) is 1.76. The monoisotopic (exact) mass is 397 g/mol. The molecule has 2 rings (SSSR count). The van der Waals surface area contributed by atoms with Crippen molar-refractivity contribution in [2.24, 2.45) is 4.99 Å². The van der Waals surface area contributed by atoms with Gasteiger partial charge in [-0.15, -0.1) is 0 Å². The molecule has 0 bridgehead atoms. The van der Waals surface area contributed by atoms with Crippen molar-refractivity contribution >= 4 is 15.8 Å². The Morgan fingerprint density at radius 2 is 2.19 bits per heavy atom. The lowest BCUT2D eigenvalue weighted by molar-refractivity contribution is 0.0168. The van der Waals surface area contributed by atoms with Crippen molar-refractivity contribution in [1.82, 2.24) is 10.6 Å². The molecule has 1 heterocycles. The van der Waals surface area contributed by atoms with Crippen LogP contribution in [0.1, 0.15) is 30.4 Å². The smallest absolute Gasteiger partial charge is 0.191 e. The summed E-state index contributed by atoms with van der Waals surface area (Å²) < 4.78 is 34.5. The number of nitrogens with zero attached hydrogens (tertiary/aromatic N) is 1. The van der Waals surface area contributed by atoms with E-state index in [0.717, 1.165) is 43.5 Å². The van der Waals surface area contributed by atoms with Gasteiger partial charge in [-0.1, -0.05) is 12.1 Å². The molecule has 1 atom stereocenters. The van der Waals surface area contributed by atoms with Gasteiger partial charge in [0.05, 0.1) is 17.6 Å². The molecule has 1 fully saturated rings.